The topological polar surface area (TPSA) is 92.3 Å². The van der Waals surface area contributed by atoms with E-state index in [0.29, 0.717) is 27.8 Å². The molecule has 0 bridgehead atoms. The second kappa shape index (κ2) is 6.81. The summed E-state index contributed by atoms with van der Waals surface area (Å²) in [6.45, 7) is 1.71. The van der Waals surface area contributed by atoms with Gasteiger partial charge in [0.15, 0.2) is 0 Å². The van der Waals surface area contributed by atoms with Crippen molar-refractivity contribution in [2.75, 3.05) is 19.4 Å². The Kier molecular flexibility index (Phi) is 4.71. The van der Waals surface area contributed by atoms with Crippen molar-refractivity contribution < 1.29 is 13.2 Å². The molecule has 2 aromatic carbocycles. The van der Waals surface area contributed by atoms with Crippen LogP contribution in [0, 0.1) is 6.92 Å². The summed E-state index contributed by atoms with van der Waals surface area (Å²) < 4.78 is 26.0. The molecule has 0 radical (unpaired) electrons. The molecule has 0 atom stereocenters. The fourth-order valence-corrected chi connectivity index (χ4v) is 3.60. The van der Waals surface area contributed by atoms with Gasteiger partial charge in [0.05, 0.1) is 15.9 Å². The lowest BCUT2D eigenvalue weighted by molar-refractivity contribution is 0.102. The third-order valence-corrected chi connectivity index (χ3v) is 5.89. The molecule has 0 saturated heterocycles. The number of hydrogen-bond acceptors (Lipinski definition) is 5. The third kappa shape index (κ3) is 3.42. The number of nitrogens with one attached hydrogen (secondary N) is 1. The number of rotatable bonds is 4. The monoisotopic (exact) mass is 370 g/mol. The van der Waals surface area contributed by atoms with Gasteiger partial charge in [-0.25, -0.2) is 12.7 Å². The van der Waals surface area contributed by atoms with Gasteiger partial charge in [-0.1, -0.05) is 6.07 Å². The molecule has 1 amide bonds. The van der Waals surface area contributed by atoms with Gasteiger partial charge in [-0.05, 0) is 42.8 Å². The lowest BCUT2D eigenvalue weighted by atomic mass is 10.1. The molecule has 0 aliphatic carbocycles. The number of amides is 1. The van der Waals surface area contributed by atoms with E-state index in [4.69, 9.17) is 0 Å². The van der Waals surface area contributed by atoms with Crippen LogP contribution in [0.25, 0.3) is 11.0 Å². The molecule has 0 fully saturated rings. The summed E-state index contributed by atoms with van der Waals surface area (Å²) in [5, 5.41) is 2.73. The highest BCUT2D eigenvalue weighted by Gasteiger charge is 2.20. The van der Waals surface area contributed by atoms with Crippen molar-refractivity contribution in [3.8, 4) is 0 Å². The molecule has 0 aliphatic rings. The van der Waals surface area contributed by atoms with Crippen LogP contribution < -0.4 is 5.32 Å². The fourth-order valence-electron chi connectivity index (χ4n) is 2.46. The molecule has 134 valence electrons. The third-order valence-electron chi connectivity index (χ3n) is 3.94. The molecule has 0 aliphatic heterocycles. The summed E-state index contributed by atoms with van der Waals surface area (Å²) in [6, 6.07) is 9.81. The number of benzene rings is 2. The van der Waals surface area contributed by atoms with Crippen LogP contribution in [0.5, 0.6) is 0 Å². The summed E-state index contributed by atoms with van der Waals surface area (Å²) in [7, 11) is -0.659. The van der Waals surface area contributed by atoms with E-state index in [0.717, 1.165) is 4.31 Å². The molecule has 1 aromatic heterocycles. The van der Waals surface area contributed by atoms with Gasteiger partial charge in [0.25, 0.3) is 5.91 Å². The zero-order valence-electron chi connectivity index (χ0n) is 14.6. The van der Waals surface area contributed by atoms with Gasteiger partial charge in [0.2, 0.25) is 10.0 Å². The molecule has 3 rings (SSSR count). The summed E-state index contributed by atoms with van der Waals surface area (Å²) in [6.07, 6.45) is 3.14. The highest BCUT2D eigenvalue weighted by molar-refractivity contribution is 7.89. The number of carbonyl (C=O) groups is 1. The van der Waals surface area contributed by atoms with E-state index in [9.17, 15) is 13.2 Å². The zero-order valence-corrected chi connectivity index (χ0v) is 15.4. The number of aromatic nitrogens is 2. The van der Waals surface area contributed by atoms with E-state index in [-0.39, 0.29) is 10.8 Å². The van der Waals surface area contributed by atoms with Gasteiger partial charge in [-0.15, -0.1) is 0 Å². The Balaban J connectivity index is 1.91. The molecular formula is C18H18N4O3S. The van der Waals surface area contributed by atoms with Crippen molar-refractivity contribution in [1.29, 1.82) is 0 Å². The van der Waals surface area contributed by atoms with Crippen LogP contribution in [-0.2, 0) is 10.0 Å². The Morgan fingerprint density at radius 3 is 2.38 bits per heavy atom. The standard InChI is InChI=1S/C18H18N4O3S/c1-12-4-6-14(11-17(12)26(24,25)22(2)3)21-18(23)13-5-7-15-16(10-13)20-9-8-19-15/h4-11H,1-3H3,(H,21,23). The number of fused-ring (bicyclic) bond motifs is 1. The maximum Gasteiger partial charge on any atom is 0.255 e. The Bertz CT molecular complexity index is 1090. The quantitative estimate of drug-likeness (QED) is 0.761. The Hall–Kier alpha value is -2.84. The van der Waals surface area contributed by atoms with Crippen LogP contribution in [0.2, 0.25) is 0 Å². The van der Waals surface area contributed by atoms with Gasteiger partial charge in [0, 0.05) is 37.7 Å². The first-order chi connectivity index (χ1) is 12.3. The number of hydrogen-bond donors (Lipinski definition) is 1. The minimum atomic E-state index is -3.60. The van der Waals surface area contributed by atoms with Gasteiger partial charge >= 0.3 is 0 Å². The number of aryl methyl sites for hydroxylation is 1. The fraction of sp³-hybridized carbons (Fsp3) is 0.167. The van der Waals surface area contributed by atoms with Crippen LogP contribution in [-0.4, -0.2) is 42.7 Å². The minimum absolute atomic E-state index is 0.157. The number of sulfonamides is 1. The van der Waals surface area contributed by atoms with E-state index in [1.165, 1.54) is 20.2 Å². The first-order valence-corrected chi connectivity index (χ1v) is 9.28. The lowest BCUT2D eigenvalue weighted by Crippen LogP contribution is -2.23. The minimum Gasteiger partial charge on any atom is -0.322 e. The van der Waals surface area contributed by atoms with E-state index in [1.807, 2.05) is 0 Å². The largest absolute Gasteiger partial charge is 0.322 e. The summed E-state index contributed by atoms with van der Waals surface area (Å²) in [4.78, 5) is 21.0. The van der Waals surface area contributed by atoms with Crippen molar-refractivity contribution >= 4 is 32.7 Å². The Morgan fingerprint density at radius 2 is 1.69 bits per heavy atom. The Morgan fingerprint density at radius 1 is 1.00 bits per heavy atom. The zero-order chi connectivity index (χ0) is 18.9. The first-order valence-electron chi connectivity index (χ1n) is 7.84. The summed E-state index contributed by atoms with van der Waals surface area (Å²) in [5.41, 5.74) is 2.73. The smallest absolute Gasteiger partial charge is 0.255 e. The highest BCUT2D eigenvalue weighted by Crippen LogP contribution is 2.23. The number of anilines is 1. The molecule has 0 unspecified atom stereocenters. The van der Waals surface area contributed by atoms with E-state index in [1.54, 1.807) is 49.6 Å². The van der Waals surface area contributed by atoms with E-state index in [2.05, 4.69) is 15.3 Å². The van der Waals surface area contributed by atoms with Gasteiger partial charge in [0.1, 0.15) is 0 Å². The van der Waals surface area contributed by atoms with Crippen LogP contribution >= 0.6 is 0 Å². The van der Waals surface area contributed by atoms with Crippen molar-refractivity contribution in [2.24, 2.45) is 0 Å². The summed E-state index contributed by atoms with van der Waals surface area (Å²) >= 11 is 0. The molecule has 0 spiro atoms. The van der Waals surface area contributed by atoms with Crippen LogP contribution in [0.15, 0.2) is 53.7 Å². The van der Waals surface area contributed by atoms with Crippen molar-refractivity contribution in [3.05, 3.63) is 59.9 Å². The van der Waals surface area contributed by atoms with Crippen LogP contribution in [0.4, 0.5) is 5.69 Å². The Labute approximate surface area is 151 Å². The normalized spacial score (nSPS) is 11.7. The molecule has 0 saturated carbocycles. The maximum absolute atomic E-state index is 12.5. The van der Waals surface area contributed by atoms with Crippen molar-refractivity contribution in [3.63, 3.8) is 0 Å². The predicted molar refractivity (Wildman–Crippen MR) is 99.5 cm³/mol. The predicted octanol–water partition coefficient (Wildman–Crippen LogP) is 2.44. The molecule has 3 aromatic rings. The molecular weight excluding hydrogens is 352 g/mol. The second-order valence-corrected chi connectivity index (χ2v) is 8.10. The van der Waals surface area contributed by atoms with Gasteiger partial charge in [-0.3, -0.25) is 14.8 Å². The number of nitrogens with zero attached hydrogens (tertiary/aromatic N) is 3. The second-order valence-electron chi connectivity index (χ2n) is 5.98. The van der Waals surface area contributed by atoms with Crippen LogP contribution in [0.3, 0.4) is 0 Å². The van der Waals surface area contributed by atoms with E-state index < -0.39 is 10.0 Å². The molecule has 26 heavy (non-hydrogen) atoms. The van der Waals surface area contributed by atoms with E-state index >= 15 is 0 Å². The molecule has 1 N–H and O–H groups in total. The average Bonchev–Trinajstić information content (AvgIpc) is 2.62. The SMILES string of the molecule is Cc1ccc(NC(=O)c2ccc3nccnc3c2)cc1S(=O)(=O)N(C)C. The first kappa shape index (κ1) is 18.0. The summed E-state index contributed by atoms with van der Waals surface area (Å²) in [5.74, 6) is -0.352. The van der Waals surface area contributed by atoms with Gasteiger partial charge in [-0.2, -0.15) is 0 Å². The molecule has 1 heterocycles. The average molecular weight is 370 g/mol. The number of carbonyl (C=O) groups excluding carboxylic acids is 1. The highest BCUT2D eigenvalue weighted by atomic mass is 32.2. The maximum atomic E-state index is 12.5. The molecule has 8 heteroatoms. The van der Waals surface area contributed by atoms with Crippen molar-refractivity contribution in [1.82, 2.24) is 14.3 Å². The van der Waals surface area contributed by atoms with Gasteiger partial charge < -0.3 is 5.32 Å². The van der Waals surface area contributed by atoms with Crippen molar-refractivity contribution in [2.45, 2.75) is 11.8 Å². The molecule has 7 nitrogen and oxygen atoms in total. The lowest BCUT2D eigenvalue weighted by Gasteiger charge is -2.15. The van der Waals surface area contributed by atoms with Crippen LogP contribution in [0.1, 0.15) is 15.9 Å².